The van der Waals surface area contributed by atoms with E-state index < -0.39 is 10.0 Å². The lowest BCUT2D eigenvalue weighted by Gasteiger charge is -2.36. The fourth-order valence-electron chi connectivity index (χ4n) is 3.47. The van der Waals surface area contributed by atoms with Crippen LogP contribution in [-0.4, -0.2) is 92.2 Å². The van der Waals surface area contributed by atoms with Gasteiger partial charge < -0.3 is 14.7 Å². The Balaban J connectivity index is 1.40. The highest BCUT2D eigenvalue weighted by Gasteiger charge is 2.41. The molecule has 9 heteroatoms. The lowest BCUT2D eigenvalue weighted by Crippen LogP contribution is -2.50. The zero-order valence-corrected chi connectivity index (χ0v) is 15.5. The molecule has 1 aromatic rings. The van der Waals surface area contributed by atoms with Crippen molar-refractivity contribution in [2.24, 2.45) is 0 Å². The smallest absolute Gasteiger partial charge is 0.217 e. The number of hydrogen-bond donors (Lipinski definition) is 0. The van der Waals surface area contributed by atoms with E-state index in [-0.39, 0.29) is 5.25 Å². The molecule has 0 aromatic carbocycles. The van der Waals surface area contributed by atoms with Crippen LogP contribution in [0.5, 0.6) is 0 Å². The Morgan fingerprint density at radius 1 is 0.880 bits per heavy atom. The molecule has 2 saturated heterocycles. The van der Waals surface area contributed by atoms with E-state index in [0.29, 0.717) is 26.2 Å². The summed E-state index contributed by atoms with van der Waals surface area (Å²) in [4.78, 5) is 15.6. The van der Waals surface area contributed by atoms with Gasteiger partial charge in [0.2, 0.25) is 10.0 Å². The molecule has 0 unspecified atom stereocenters. The molecule has 3 fully saturated rings. The van der Waals surface area contributed by atoms with Crippen molar-refractivity contribution in [1.29, 1.82) is 0 Å². The first-order chi connectivity index (χ1) is 12.0. The van der Waals surface area contributed by atoms with Crippen LogP contribution in [0.3, 0.4) is 0 Å². The minimum absolute atomic E-state index is 0.123. The van der Waals surface area contributed by atoms with E-state index in [1.165, 1.54) is 0 Å². The van der Waals surface area contributed by atoms with Crippen LogP contribution in [0.15, 0.2) is 12.4 Å². The fraction of sp³-hybridized carbons (Fsp3) is 0.750. The Bertz CT molecular complexity index is 707. The van der Waals surface area contributed by atoms with Gasteiger partial charge in [-0.3, -0.25) is 0 Å². The van der Waals surface area contributed by atoms with Crippen molar-refractivity contribution in [2.75, 3.05) is 69.2 Å². The van der Waals surface area contributed by atoms with Crippen molar-refractivity contribution in [1.82, 2.24) is 19.2 Å². The molecule has 8 nitrogen and oxygen atoms in total. The van der Waals surface area contributed by atoms with Crippen molar-refractivity contribution >= 4 is 21.7 Å². The maximum atomic E-state index is 12.3. The molecule has 0 amide bonds. The van der Waals surface area contributed by atoms with Crippen LogP contribution in [0.25, 0.3) is 0 Å². The van der Waals surface area contributed by atoms with Crippen LogP contribution in [0.1, 0.15) is 12.8 Å². The number of nitrogens with zero attached hydrogens (tertiary/aromatic N) is 6. The largest absolute Gasteiger partial charge is 0.354 e. The maximum Gasteiger partial charge on any atom is 0.217 e. The summed E-state index contributed by atoms with van der Waals surface area (Å²) in [5, 5.41) is -0.123. The van der Waals surface area contributed by atoms with Crippen molar-refractivity contribution in [2.45, 2.75) is 18.1 Å². The molecule has 0 spiro atoms. The normalized spacial score (nSPS) is 23.9. The lowest BCUT2D eigenvalue weighted by molar-refractivity contribution is 0.312. The van der Waals surface area contributed by atoms with Crippen LogP contribution in [0.4, 0.5) is 11.6 Å². The van der Waals surface area contributed by atoms with Gasteiger partial charge in [0, 0.05) is 58.4 Å². The van der Waals surface area contributed by atoms with E-state index in [2.05, 4.69) is 31.7 Å². The van der Waals surface area contributed by atoms with E-state index in [9.17, 15) is 8.42 Å². The minimum Gasteiger partial charge on any atom is -0.354 e. The third-order valence-electron chi connectivity index (χ3n) is 5.33. The summed E-state index contributed by atoms with van der Waals surface area (Å²) in [7, 11) is -0.927. The van der Waals surface area contributed by atoms with Gasteiger partial charge in [-0.05, 0) is 19.9 Å². The van der Waals surface area contributed by atoms with Gasteiger partial charge in [0.15, 0.2) is 0 Å². The van der Waals surface area contributed by atoms with E-state index in [1.807, 2.05) is 6.07 Å². The summed E-state index contributed by atoms with van der Waals surface area (Å²) in [6.07, 6.45) is 3.27. The Morgan fingerprint density at radius 2 is 1.40 bits per heavy atom. The molecule has 2 aliphatic heterocycles. The molecule has 3 heterocycles. The number of anilines is 2. The standard InChI is InChI=1S/C16H26N6O2S/c1-19-4-6-20(7-5-19)15-12-16(18-13-17-15)21-8-10-22(11-9-21)25(23,24)14-2-3-14/h12-14H,2-11H2,1H3. The number of sulfonamides is 1. The van der Waals surface area contributed by atoms with Gasteiger partial charge in [0.25, 0.3) is 0 Å². The molecule has 1 saturated carbocycles. The molecule has 0 bridgehead atoms. The summed E-state index contributed by atoms with van der Waals surface area (Å²) in [5.41, 5.74) is 0. The molecule has 4 rings (SSSR count). The monoisotopic (exact) mass is 366 g/mol. The Morgan fingerprint density at radius 3 is 1.92 bits per heavy atom. The molecule has 25 heavy (non-hydrogen) atoms. The Hall–Kier alpha value is -1.45. The predicted molar refractivity (Wildman–Crippen MR) is 97.5 cm³/mol. The first-order valence-electron chi connectivity index (χ1n) is 9.03. The van der Waals surface area contributed by atoms with Gasteiger partial charge in [-0.2, -0.15) is 4.31 Å². The number of piperazine rings is 2. The summed E-state index contributed by atoms with van der Waals surface area (Å²) in [5.74, 6) is 1.86. The molecule has 138 valence electrons. The topological polar surface area (TPSA) is 72.9 Å². The second-order valence-electron chi connectivity index (χ2n) is 7.16. The molecular formula is C16H26N6O2S. The van der Waals surface area contributed by atoms with Gasteiger partial charge in [-0.15, -0.1) is 0 Å². The van der Waals surface area contributed by atoms with Crippen LogP contribution >= 0.6 is 0 Å². The zero-order chi connectivity index (χ0) is 17.4. The van der Waals surface area contributed by atoms with Crippen molar-refractivity contribution < 1.29 is 8.42 Å². The number of hydrogen-bond acceptors (Lipinski definition) is 7. The molecule has 0 N–H and O–H groups in total. The van der Waals surface area contributed by atoms with Gasteiger partial charge in [-0.25, -0.2) is 18.4 Å². The molecule has 0 radical (unpaired) electrons. The first kappa shape index (κ1) is 17.0. The first-order valence-corrected chi connectivity index (χ1v) is 10.5. The van der Waals surface area contributed by atoms with Gasteiger partial charge >= 0.3 is 0 Å². The summed E-state index contributed by atoms with van der Waals surface area (Å²) in [6.45, 7) is 6.49. The fourth-order valence-corrected chi connectivity index (χ4v) is 5.29. The average Bonchev–Trinajstić information content (AvgIpc) is 3.48. The maximum absolute atomic E-state index is 12.3. The van der Waals surface area contributed by atoms with Crippen molar-refractivity contribution in [3.8, 4) is 0 Å². The molecule has 1 aliphatic carbocycles. The zero-order valence-electron chi connectivity index (χ0n) is 14.7. The highest BCUT2D eigenvalue weighted by molar-refractivity contribution is 7.90. The van der Waals surface area contributed by atoms with Crippen molar-refractivity contribution in [3.63, 3.8) is 0 Å². The highest BCUT2D eigenvalue weighted by atomic mass is 32.2. The van der Waals surface area contributed by atoms with E-state index in [1.54, 1.807) is 10.6 Å². The number of rotatable bonds is 4. The molecule has 1 aromatic heterocycles. The summed E-state index contributed by atoms with van der Waals surface area (Å²) >= 11 is 0. The Kier molecular flexibility index (Phi) is 4.55. The second-order valence-corrected chi connectivity index (χ2v) is 9.37. The average molecular weight is 366 g/mol. The lowest BCUT2D eigenvalue weighted by atomic mass is 10.3. The SMILES string of the molecule is CN1CCN(c2cc(N3CCN(S(=O)(=O)C4CC4)CC3)ncn2)CC1. The van der Waals surface area contributed by atoms with Crippen molar-refractivity contribution in [3.05, 3.63) is 12.4 Å². The van der Waals surface area contributed by atoms with E-state index in [4.69, 9.17) is 0 Å². The molecule has 0 atom stereocenters. The number of aromatic nitrogens is 2. The van der Waals surface area contributed by atoms with Crippen LogP contribution < -0.4 is 9.80 Å². The summed E-state index contributed by atoms with van der Waals surface area (Å²) in [6, 6.07) is 2.04. The van der Waals surface area contributed by atoms with E-state index in [0.717, 1.165) is 50.7 Å². The van der Waals surface area contributed by atoms with Gasteiger partial charge in [0.05, 0.1) is 5.25 Å². The van der Waals surface area contributed by atoms with Gasteiger partial charge in [0.1, 0.15) is 18.0 Å². The van der Waals surface area contributed by atoms with Gasteiger partial charge in [-0.1, -0.05) is 0 Å². The van der Waals surface area contributed by atoms with Crippen LogP contribution in [0, 0.1) is 0 Å². The number of likely N-dealkylation sites (N-methyl/N-ethyl adjacent to an activating group) is 1. The van der Waals surface area contributed by atoms with Crippen LogP contribution in [0.2, 0.25) is 0 Å². The third-order valence-corrected chi connectivity index (χ3v) is 7.73. The minimum atomic E-state index is -3.06. The molecule has 3 aliphatic rings. The predicted octanol–water partition coefficient (Wildman–Crippen LogP) is -0.157. The quantitative estimate of drug-likeness (QED) is 0.733. The summed E-state index contributed by atoms with van der Waals surface area (Å²) < 4.78 is 26.4. The molecular weight excluding hydrogens is 340 g/mol. The Labute approximate surface area is 149 Å². The second kappa shape index (κ2) is 6.69. The van der Waals surface area contributed by atoms with E-state index >= 15 is 0 Å². The third kappa shape index (κ3) is 3.58. The van der Waals surface area contributed by atoms with Crippen LogP contribution in [-0.2, 0) is 10.0 Å². The highest BCUT2D eigenvalue weighted by Crippen LogP contribution is 2.31.